The molecule has 1 heterocycles. The Bertz CT molecular complexity index is 256. The second kappa shape index (κ2) is 9.44. The predicted molar refractivity (Wildman–Crippen MR) is 71.9 cm³/mol. The quantitative estimate of drug-likeness (QED) is 0.424. The Hall–Kier alpha value is -0.460. The molecule has 0 aliphatic carbocycles. The maximum atomic E-state index is 9.77. The number of ether oxygens (including phenoxy) is 2. The molecular formula is C14H26O5. The summed E-state index contributed by atoms with van der Waals surface area (Å²) in [6.07, 6.45) is 4.86. The number of aliphatic hydroxyl groups excluding tert-OH is 3. The lowest BCUT2D eigenvalue weighted by molar-refractivity contribution is -0.0811. The van der Waals surface area contributed by atoms with Crippen molar-refractivity contribution < 1.29 is 24.8 Å². The van der Waals surface area contributed by atoms with E-state index in [1.54, 1.807) is 0 Å². The summed E-state index contributed by atoms with van der Waals surface area (Å²) < 4.78 is 10.5. The lowest BCUT2D eigenvalue weighted by atomic mass is 10.1. The minimum absolute atomic E-state index is 0.0606. The zero-order valence-corrected chi connectivity index (χ0v) is 11.6. The molecule has 1 aliphatic rings. The Kier molecular flexibility index (Phi) is 8.25. The number of hydrogen-bond donors (Lipinski definition) is 3. The van der Waals surface area contributed by atoms with Crippen LogP contribution in [0.3, 0.4) is 0 Å². The molecule has 0 bridgehead atoms. The smallest absolute Gasteiger partial charge is 0.114 e. The first-order valence-corrected chi connectivity index (χ1v) is 7.05. The van der Waals surface area contributed by atoms with Gasteiger partial charge in [0.15, 0.2) is 0 Å². The standard InChI is InChI=1S/C14H26O5/c1-2-3-4-5-6-7-8-18-9-12(16)14-13(17)11(15)10-19-14/h4-5,11-17H,2-3,6-10H2,1H3/b5-4+/t11-,12+,13+,14+/m0/s1. The van der Waals surface area contributed by atoms with E-state index >= 15 is 0 Å². The lowest BCUT2D eigenvalue weighted by Gasteiger charge is -2.20. The van der Waals surface area contributed by atoms with Crippen LogP contribution in [0.15, 0.2) is 12.2 Å². The molecule has 0 spiro atoms. The van der Waals surface area contributed by atoms with E-state index in [-0.39, 0.29) is 13.2 Å². The first kappa shape index (κ1) is 16.6. The van der Waals surface area contributed by atoms with Gasteiger partial charge in [-0.2, -0.15) is 0 Å². The fourth-order valence-electron chi connectivity index (χ4n) is 1.97. The van der Waals surface area contributed by atoms with Crippen LogP contribution < -0.4 is 0 Å². The van der Waals surface area contributed by atoms with Crippen molar-refractivity contribution in [3.8, 4) is 0 Å². The third-order valence-electron chi connectivity index (χ3n) is 3.14. The van der Waals surface area contributed by atoms with Gasteiger partial charge in [0.2, 0.25) is 0 Å². The molecule has 0 aromatic carbocycles. The Morgan fingerprint density at radius 1 is 1.32 bits per heavy atom. The minimum Gasteiger partial charge on any atom is -0.388 e. The molecule has 112 valence electrons. The van der Waals surface area contributed by atoms with E-state index in [1.165, 1.54) is 0 Å². The van der Waals surface area contributed by atoms with Crippen LogP contribution in [0.1, 0.15) is 32.6 Å². The molecule has 0 aromatic heterocycles. The van der Waals surface area contributed by atoms with E-state index in [0.717, 1.165) is 25.7 Å². The Labute approximate surface area is 114 Å². The summed E-state index contributed by atoms with van der Waals surface area (Å²) in [6, 6.07) is 0. The fraction of sp³-hybridized carbons (Fsp3) is 0.857. The number of unbranched alkanes of at least 4 members (excludes halogenated alkanes) is 2. The average molecular weight is 274 g/mol. The zero-order valence-electron chi connectivity index (χ0n) is 11.6. The third kappa shape index (κ3) is 6.01. The Morgan fingerprint density at radius 2 is 2.05 bits per heavy atom. The van der Waals surface area contributed by atoms with Crippen molar-refractivity contribution in [2.75, 3.05) is 19.8 Å². The van der Waals surface area contributed by atoms with Crippen molar-refractivity contribution in [2.45, 2.75) is 57.0 Å². The summed E-state index contributed by atoms with van der Waals surface area (Å²) in [5, 5.41) is 28.6. The van der Waals surface area contributed by atoms with Gasteiger partial charge in [0, 0.05) is 6.61 Å². The molecular weight excluding hydrogens is 248 g/mol. The highest BCUT2D eigenvalue weighted by Gasteiger charge is 2.39. The van der Waals surface area contributed by atoms with Gasteiger partial charge in [-0.15, -0.1) is 0 Å². The van der Waals surface area contributed by atoms with Gasteiger partial charge in [-0.25, -0.2) is 0 Å². The maximum Gasteiger partial charge on any atom is 0.114 e. The highest BCUT2D eigenvalue weighted by atomic mass is 16.5. The first-order valence-electron chi connectivity index (χ1n) is 7.05. The number of hydrogen-bond acceptors (Lipinski definition) is 5. The molecule has 1 saturated heterocycles. The van der Waals surface area contributed by atoms with Crippen molar-refractivity contribution in [3.05, 3.63) is 12.2 Å². The highest BCUT2D eigenvalue weighted by Crippen LogP contribution is 2.17. The van der Waals surface area contributed by atoms with Crippen molar-refractivity contribution in [1.82, 2.24) is 0 Å². The topological polar surface area (TPSA) is 79.2 Å². The van der Waals surface area contributed by atoms with Gasteiger partial charge in [-0.3, -0.25) is 0 Å². The molecule has 1 rings (SSSR count). The van der Waals surface area contributed by atoms with E-state index in [4.69, 9.17) is 9.47 Å². The van der Waals surface area contributed by atoms with Crippen molar-refractivity contribution in [3.63, 3.8) is 0 Å². The molecule has 0 amide bonds. The van der Waals surface area contributed by atoms with Crippen LogP contribution in [0.4, 0.5) is 0 Å². The van der Waals surface area contributed by atoms with Crippen LogP contribution in [0, 0.1) is 0 Å². The summed E-state index contributed by atoms with van der Waals surface area (Å²) in [5.41, 5.74) is 0. The number of aliphatic hydroxyl groups is 3. The van der Waals surface area contributed by atoms with Crippen LogP contribution in [0.2, 0.25) is 0 Å². The summed E-state index contributed by atoms with van der Waals surface area (Å²) in [5.74, 6) is 0. The van der Waals surface area contributed by atoms with Gasteiger partial charge in [0.1, 0.15) is 24.4 Å². The van der Waals surface area contributed by atoms with Gasteiger partial charge in [0.25, 0.3) is 0 Å². The fourth-order valence-corrected chi connectivity index (χ4v) is 1.97. The summed E-state index contributed by atoms with van der Waals surface area (Å²) in [7, 11) is 0. The van der Waals surface area contributed by atoms with Crippen molar-refractivity contribution in [1.29, 1.82) is 0 Å². The van der Waals surface area contributed by atoms with Crippen molar-refractivity contribution in [2.24, 2.45) is 0 Å². The zero-order chi connectivity index (χ0) is 14.1. The van der Waals surface area contributed by atoms with Gasteiger partial charge in [-0.1, -0.05) is 25.5 Å². The van der Waals surface area contributed by atoms with E-state index in [2.05, 4.69) is 19.1 Å². The van der Waals surface area contributed by atoms with Crippen LogP contribution in [-0.4, -0.2) is 59.6 Å². The van der Waals surface area contributed by atoms with Crippen LogP contribution in [0.25, 0.3) is 0 Å². The highest BCUT2D eigenvalue weighted by molar-refractivity contribution is 4.87. The minimum atomic E-state index is -1.03. The molecule has 1 fully saturated rings. The van der Waals surface area contributed by atoms with E-state index in [9.17, 15) is 15.3 Å². The molecule has 5 nitrogen and oxygen atoms in total. The first-order chi connectivity index (χ1) is 9.16. The van der Waals surface area contributed by atoms with Crippen LogP contribution >= 0.6 is 0 Å². The maximum absolute atomic E-state index is 9.77. The second-order valence-corrected chi connectivity index (χ2v) is 4.90. The number of allylic oxidation sites excluding steroid dienone is 2. The third-order valence-corrected chi connectivity index (χ3v) is 3.14. The molecule has 0 unspecified atom stereocenters. The second-order valence-electron chi connectivity index (χ2n) is 4.90. The van der Waals surface area contributed by atoms with Crippen LogP contribution in [0.5, 0.6) is 0 Å². The largest absolute Gasteiger partial charge is 0.388 e. The molecule has 19 heavy (non-hydrogen) atoms. The van der Waals surface area contributed by atoms with Crippen LogP contribution in [-0.2, 0) is 9.47 Å². The van der Waals surface area contributed by atoms with Crippen molar-refractivity contribution >= 4 is 0 Å². The predicted octanol–water partition coefficient (Wildman–Crippen LogP) is 0.621. The summed E-state index contributed by atoms with van der Waals surface area (Å²) in [4.78, 5) is 0. The molecule has 3 N–H and O–H groups in total. The lowest BCUT2D eigenvalue weighted by Crippen LogP contribution is -2.40. The van der Waals surface area contributed by atoms with Gasteiger partial charge in [-0.05, 0) is 19.3 Å². The number of rotatable bonds is 9. The van der Waals surface area contributed by atoms with E-state index < -0.39 is 24.4 Å². The SMILES string of the molecule is CCC/C=C/CCCOC[C@@H](O)[C@H]1OC[C@H](O)[C@H]1O. The van der Waals surface area contributed by atoms with Gasteiger partial charge >= 0.3 is 0 Å². The normalized spacial score (nSPS) is 29.2. The van der Waals surface area contributed by atoms with Gasteiger partial charge in [0.05, 0.1) is 13.2 Å². The summed E-state index contributed by atoms with van der Waals surface area (Å²) in [6.45, 7) is 2.89. The monoisotopic (exact) mass is 274 g/mol. The Balaban J connectivity index is 2.03. The molecule has 0 saturated carbocycles. The molecule has 5 heteroatoms. The molecule has 0 aromatic rings. The average Bonchev–Trinajstić information content (AvgIpc) is 2.73. The summed E-state index contributed by atoms with van der Waals surface area (Å²) >= 11 is 0. The van der Waals surface area contributed by atoms with Gasteiger partial charge < -0.3 is 24.8 Å². The van der Waals surface area contributed by atoms with E-state index in [1.807, 2.05) is 0 Å². The van der Waals surface area contributed by atoms with E-state index in [0.29, 0.717) is 6.61 Å². The molecule has 0 radical (unpaired) electrons. The molecule has 1 aliphatic heterocycles. The molecule has 4 atom stereocenters. The Morgan fingerprint density at radius 3 is 2.68 bits per heavy atom.